The Morgan fingerprint density at radius 1 is 1.18 bits per heavy atom. The molecule has 6 heteroatoms. The molecular weight excluding hydrogens is 280 g/mol. The number of carbonyl (C=O) groups is 1. The monoisotopic (exact) mass is 292 g/mol. The Morgan fingerprint density at radius 2 is 2.09 bits per heavy atom. The Labute approximate surface area is 125 Å². The number of anilines is 2. The molecule has 6 nitrogen and oxygen atoms in total. The van der Waals surface area contributed by atoms with Crippen molar-refractivity contribution >= 4 is 28.3 Å². The summed E-state index contributed by atoms with van der Waals surface area (Å²) in [5, 5.41) is 5.85. The first-order valence-corrected chi connectivity index (χ1v) is 6.78. The minimum atomic E-state index is -0.319. The highest BCUT2D eigenvalue weighted by molar-refractivity contribution is 6.04. The number of carbonyl (C=O) groups excluding carboxylic acids is 1. The predicted molar refractivity (Wildman–Crippen MR) is 83.5 cm³/mol. The number of imidazole rings is 1. The molecule has 108 valence electrons. The maximum Gasteiger partial charge on any atom is 0.292 e. The largest absolute Gasteiger partial charge is 0.448 e. The molecule has 1 aliphatic heterocycles. The molecule has 4 rings (SSSR count). The van der Waals surface area contributed by atoms with Crippen molar-refractivity contribution in [3.8, 4) is 5.75 Å². The van der Waals surface area contributed by atoms with E-state index >= 15 is 0 Å². The van der Waals surface area contributed by atoms with Gasteiger partial charge in [0.15, 0.2) is 5.75 Å². The summed E-state index contributed by atoms with van der Waals surface area (Å²) in [5.74, 6) is 0.517. The fourth-order valence-corrected chi connectivity index (χ4v) is 2.28. The molecule has 0 saturated carbocycles. The maximum atomic E-state index is 12.3. The smallest absolute Gasteiger partial charge is 0.292 e. The molecule has 0 bridgehead atoms. The molecular formula is C16H12N4O2. The van der Waals surface area contributed by atoms with Crippen LogP contribution in [0.3, 0.4) is 0 Å². The fraction of sp³-hybridized carbons (Fsp3) is 0. The molecule has 1 aliphatic rings. The fourth-order valence-electron chi connectivity index (χ4n) is 2.28. The van der Waals surface area contributed by atoms with Crippen LogP contribution in [0.15, 0.2) is 60.8 Å². The van der Waals surface area contributed by atoms with E-state index in [9.17, 15) is 4.79 Å². The highest BCUT2D eigenvalue weighted by atomic mass is 16.5. The summed E-state index contributed by atoms with van der Waals surface area (Å²) < 4.78 is 5.60. The Bertz CT molecular complexity index is 898. The third-order valence-electron chi connectivity index (χ3n) is 3.37. The zero-order valence-electron chi connectivity index (χ0n) is 11.5. The molecule has 0 fully saturated rings. The Morgan fingerprint density at radius 3 is 3.05 bits per heavy atom. The lowest BCUT2D eigenvalue weighted by Gasteiger charge is -2.18. The van der Waals surface area contributed by atoms with E-state index in [4.69, 9.17) is 4.74 Å². The van der Waals surface area contributed by atoms with Gasteiger partial charge >= 0.3 is 0 Å². The zero-order chi connectivity index (χ0) is 14.9. The molecule has 3 N–H and O–H groups in total. The van der Waals surface area contributed by atoms with E-state index in [1.165, 1.54) is 0 Å². The van der Waals surface area contributed by atoms with Crippen LogP contribution in [0.5, 0.6) is 5.75 Å². The van der Waals surface area contributed by atoms with Gasteiger partial charge in [0.05, 0.1) is 29.2 Å². The van der Waals surface area contributed by atoms with Gasteiger partial charge in [-0.1, -0.05) is 12.1 Å². The van der Waals surface area contributed by atoms with Crippen molar-refractivity contribution in [2.24, 2.45) is 0 Å². The van der Waals surface area contributed by atoms with E-state index in [1.807, 2.05) is 30.3 Å². The van der Waals surface area contributed by atoms with Gasteiger partial charge in [-0.15, -0.1) is 0 Å². The maximum absolute atomic E-state index is 12.3. The average Bonchev–Trinajstić information content (AvgIpc) is 3.02. The average molecular weight is 292 g/mol. The van der Waals surface area contributed by atoms with E-state index < -0.39 is 0 Å². The van der Waals surface area contributed by atoms with E-state index in [1.54, 1.807) is 24.7 Å². The van der Waals surface area contributed by atoms with Crippen LogP contribution in [0.4, 0.5) is 11.4 Å². The Hall–Kier alpha value is -3.28. The van der Waals surface area contributed by atoms with Gasteiger partial charge in [0, 0.05) is 5.69 Å². The molecule has 3 aromatic rings. The number of hydrogen-bond acceptors (Lipinski definition) is 4. The van der Waals surface area contributed by atoms with Crippen molar-refractivity contribution in [1.82, 2.24) is 9.97 Å². The number of aromatic nitrogens is 2. The van der Waals surface area contributed by atoms with Crippen LogP contribution in [-0.2, 0) is 4.79 Å². The first-order valence-electron chi connectivity index (χ1n) is 6.78. The third kappa shape index (κ3) is 2.16. The highest BCUT2D eigenvalue weighted by Gasteiger charge is 2.18. The zero-order valence-corrected chi connectivity index (χ0v) is 11.5. The first kappa shape index (κ1) is 12.5. The van der Waals surface area contributed by atoms with Crippen LogP contribution < -0.4 is 15.4 Å². The van der Waals surface area contributed by atoms with E-state index in [0.29, 0.717) is 11.4 Å². The lowest BCUT2D eigenvalue weighted by Crippen LogP contribution is -2.21. The highest BCUT2D eigenvalue weighted by Crippen LogP contribution is 2.29. The summed E-state index contributed by atoms with van der Waals surface area (Å²) in [6.45, 7) is 0. The number of ether oxygens (including phenoxy) is 1. The molecule has 0 spiro atoms. The SMILES string of the molecule is O=C(Nc1ccc2nc[nH]c2c1)C1=CNc2ccccc2O1. The van der Waals surface area contributed by atoms with Gasteiger partial charge in [-0.25, -0.2) is 4.98 Å². The molecule has 2 aromatic carbocycles. The van der Waals surface area contributed by atoms with Gasteiger partial charge < -0.3 is 20.4 Å². The Kier molecular flexibility index (Phi) is 2.79. The van der Waals surface area contributed by atoms with Crippen molar-refractivity contribution < 1.29 is 9.53 Å². The lowest BCUT2D eigenvalue weighted by molar-refractivity contribution is -0.114. The Balaban J connectivity index is 1.54. The number of aromatic amines is 1. The topological polar surface area (TPSA) is 79.0 Å². The predicted octanol–water partition coefficient (Wildman–Crippen LogP) is 2.85. The number of nitrogens with zero attached hydrogens (tertiary/aromatic N) is 1. The number of H-pyrrole nitrogens is 1. The normalized spacial score (nSPS) is 12.8. The van der Waals surface area contributed by atoms with Crippen molar-refractivity contribution in [2.75, 3.05) is 10.6 Å². The van der Waals surface area contributed by atoms with Gasteiger partial charge in [0.25, 0.3) is 5.91 Å². The van der Waals surface area contributed by atoms with Crippen LogP contribution in [0.25, 0.3) is 11.0 Å². The molecule has 2 heterocycles. The van der Waals surface area contributed by atoms with E-state index in [-0.39, 0.29) is 11.7 Å². The molecule has 0 aliphatic carbocycles. The van der Waals surface area contributed by atoms with Crippen LogP contribution in [0, 0.1) is 0 Å². The van der Waals surface area contributed by atoms with Crippen molar-refractivity contribution in [3.63, 3.8) is 0 Å². The van der Waals surface area contributed by atoms with Crippen molar-refractivity contribution in [1.29, 1.82) is 0 Å². The minimum absolute atomic E-state index is 0.211. The molecule has 0 atom stereocenters. The van der Waals surface area contributed by atoms with Gasteiger partial charge in [-0.3, -0.25) is 4.79 Å². The second-order valence-corrected chi connectivity index (χ2v) is 4.84. The summed E-state index contributed by atoms with van der Waals surface area (Å²) in [6.07, 6.45) is 3.16. The first-order chi connectivity index (χ1) is 10.8. The summed E-state index contributed by atoms with van der Waals surface area (Å²) in [5.41, 5.74) is 3.21. The van der Waals surface area contributed by atoms with Crippen LogP contribution >= 0.6 is 0 Å². The van der Waals surface area contributed by atoms with Crippen LogP contribution in [0.1, 0.15) is 0 Å². The molecule has 0 radical (unpaired) electrons. The van der Waals surface area contributed by atoms with Gasteiger partial charge in [0.2, 0.25) is 5.76 Å². The number of fused-ring (bicyclic) bond motifs is 2. The van der Waals surface area contributed by atoms with Gasteiger partial charge in [0.1, 0.15) is 0 Å². The number of hydrogen-bond donors (Lipinski definition) is 3. The third-order valence-corrected chi connectivity index (χ3v) is 3.37. The number of amides is 1. The molecule has 22 heavy (non-hydrogen) atoms. The van der Waals surface area contributed by atoms with Crippen LogP contribution in [-0.4, -0.2) is 15.9 Å². The summed E-state index contributed by atoms with van der Waals surface area (Å²) >= 11 is 0. The minimum Gasteiger partial charge on any atom is -0.448 e. The summed E-state index contributed by atoms with van der Waals surface area (Å²) in [7, 11) is 0. The summed E-state index contributed by atoms with van der Waals surface area (Å²) in [4.78, 5) is 19.4. The van der Waals surface area contributed by atoms with Crippen molar-refractivity contribution in [2.45, 2.75) is 0 Å². The lowest BCUT2D eigenvalue weighted by atomic mass is 10.2. The number of rotatable bonds is 2. The standard InChI is InChI=1S/C16H12N4O2/c21-16(15-8-17-12-3-1-2-4-14(12)22-15)20-10-5-6-11-13(7-10)19-9-18-11/h1-9,17H,(H,18,19)(H,20,21). The number of benzene rings is 2. The van der Waals surface area contributed by atoms with Gasteiger partial charge in [-0.2, -0.15) is 0 Å². The van der Waals surface area contributed by atoms with E-state index in [2.05, 4.69) is 20.6 Å². The quantitative estimate of drug-likeness (QED) is 0.678. The summed E-state index contributed by atoms with van der Waals surface area (Å²) in [6, 6.07) is 12.9. The second kappa shape index (κ2) is 4.92. The molecule has 0 unspecified atom stereocenters. The van der Waals surface area contributed by atoms with E-state index in [0.717, 1.165) is 16.7 Å². The second-order valence-electron chi connectivity index (χ2n) is 4.84. The molecule has 1 aromatic heterocycles. The van der Waals surface area contributed by atoms with Gasteiger partial charge in [-0.05, 0) is 30.3 Å². The number of para-hydroxylation sites is 2. The molecule has 1 amide bonds. The number of nitrogens with one attached hydrogen (secondary N) is 3. The van der Waals surface area contributed by atoms with Crippen molar-refractivity contribution in [3.05, 3.63) is 60.8 Å². The molecule has 0 saturated heterocycles. The van der Waals surface area contributed by atoms with Crippen LogP contribution in [0.2, 0.25) is 0 Å².